The summed E-state index contributed by atoms with van der Waals surface area (Å²) in [5.41, 5.74) is 2.28. The molecule has 1 N–H and O–H groups in total. The monoisotopic (exact) mass is 395 g/mol. The number of esters is 1. The van der Waals surface area contributed by atoms with Gasteiger partial charge in [-0.1, -0.05) is 29.3 Å². The molecule has 0 unspecified atom stereocenters. The lowest BCUT2D eigenvalue weighted by Crippen LogP contribution is -2.18. The van der Waals surface area contributed by atoms with E-state index in [1.807, 2.05) is 31.2 Å². The first-order chi connectivity index (χ1) is 13.5. The molecule has 0 bridgehead atoms. The van der Waals surface area contributed by atoms with Crippen LogP contribution in [0.5, 0.6) is 11.5 Å². The Labute approximate surface area is 167 Å². The molecule has 3 rings (SSSR count). The van der Waals surface area contributed by atoms with Crippen molar-refractivity contribution in [2.75, 3.05) is 11.9 Å². The highest BCUT2D eigenvalue weighted by Gasteiger charge is 2.09. The lowest BCUT2D eigenvalue weighted by molar-refractivity contribution is -0.136. The van der Waals surface area contributed by atoms with Crippen molar-refractivity contribution >= 4 is 29.2 Å². The summed E-state index contributed by atoms with van der Waals surface area (Å²) in [5.74, 6) is 0.0562. The Balaban J connectivity index is 1.51. The predicted octanol–water partition coefficient (Wildman–Crippen LogP) is 4.89. The zero-order valence-electron chi connectivity index (χ0n) is 15.1. The van der Waals surface area contributed by atoms with E-state index in [0.29, 0.717) is 27.8 Å². The van der Waals surface area contributed by atoms with E-state index in [1.54, 1.807) is 48.5 Å². The van der Waals surface area contributed by atoms with Gasteiger partial charge in [-0.05, 0) is 67.6 Å². The molecule has 28 heavy (non-hydrogen) atoms. The first kappa shape index (κ1) is 19.5. The van der Waals surface area contributed by atoms with Gasteiger partial charge in [0.15, 0.2) is 6.61 Å². The van der Waals surface area contributed by atoms with Crippen LogP contribution in [0.4, 0.5) is 5.69 Å². The van der Waals surface area contributed by atoms with Gasteiger partial charge >= 0.3 is 5.97 Å². The predicted molar refractivity (Wildman–Crippen MR) is 108 cm³/mol. The van der Waals surface area contributed by atoms with Gasteiger partial charge in [0, 0.05) is 16.3 Å². The maximum Gasteiger partial charge on any atom is 0.349 e. The van der Waals surface area contributed by atoms with Crippen LogP contribution in [0, 0.1) is 6.92 Å². The van der Waals surface area contributed by atoms with Crippen LogP contribution >= 0.6 is 11.6 Å². The molecule has 0 fully saturated rings. The van der Waals surface area contributed by atoms with Gasteiger partial charge in [-0.3, -0.25) is 4.79 Å². The first-order valence-electron chi connectivity index (χ1n) is 8.57. The summed E-state index contributed by atoms with van der Waals surface area (Å²) in [6, 6.07) is 20.5. The highest BCUT2D eigenvalue weighted by atomic mass is 35.5. The summed E-state index contributed by atoms with van der Waals surface area (Å²) in [6.07, 6.45) is 0. The number of halogens is 1. The maximum atomic E-state index is 12.3. The summed E-state index contributed by atoms with van der Waals surface area (Å²) in [7, 11) is 0. The zero-order valence-corrected chi connectivity index (χ0v) is 15.9. The molecule has 3 aromatic rings. The van der Waals surface area contributed by atoms with Crippen LogP contribution < -0.4 is 14.8 Å². The summed E-state index contributed by atoms with van der Waals surface area (Å²) >= 11 is 5.79. The van der Waals surface area contributed by atoms with E-state index in [4.69, 9.17) is 21.1 Å². The quantitative estimate of drug-likeness (QED) is 0.477. The van der Waals surface area contributed by atoms with Crippen molar-refractivity contribution in [3.05, 3.63) is 88.9 Å². The van der Waals surface area contributed by atoms with Gasteiger partial charge in [0.2, 0.25) is 0 Å². The molecule has 5 nitrogen and oxygen atoms in total. The largest absolute Gasteiger partial charge is 0.482 e. The molecule has 0 saturated heterocycles. The summed E-state index contributed by atoms with van der Waals surface area (Å²) in [6.45, 7) is 1.74. The topological polar surface area (TPSA) is 64.6 Å². The highest BCUT2D eigenvalue weighted by molar-refractivity contribution is 6.30. The first-order valence-corrected chi connectivity index (χ1v) is 8.94. The molecule has 0 radical (unpaired) electrons. The third-order valence-corrected chi connectivity index (χ3v) is 4.08. The van der Waals surface area contributed by atoms with Crippen LogP contribution in [0.3, 0.4) is 0 Å². The summed E-state index contributed by atoms with van der Waals surface area (Å²) in [5, 5.41) is 3.40. The summed E-state index contributed by atoms with van der Waals surface area (Å²) < 4.78 is 10.5. The summed E-state index contributed by atoms with van der Waals surface area (Å²) in [4.78, 5) is 24.2. The standard InChI is InChI=1S/C22H18ClNO4/c1-15-2-8-18(9-3-15)24-22(26)16-4-10-20(11-5-16)28-21(25)14-27-19-12-6-17(23)7-13-19/h2-13H,14H2,1H3,(H,24,26). The molecular weight excluding hydrogens is 378 g/mol. The highest BCUT2D eigenvalue weighted by Crippen LogP contribution is 2.17. The second kappa shape index (κ2) is 9.06. The van der Waals surface area contributed by atoms with Crippen LogP contribution in [-0.2, 0) is 4.79 Å². The Morgan fingerprint density at radius 1 is 0.857 bits per heavy atom. The minimum Gasteiger partial charge on any atom is -0.482 e. The third-order valence-electron chi connectivity index (χ3n) is 3.83. The van der Waals surface area contributed by atoms with Gasteiger partial charge in [-0.2, -0.15) is 0 Å². The molecule has 0 aliphatic rings. The molecule has 0 saturated carbocycles. The Bertz CT molecular complexity index is 951. The SMILES string of the molecule is Cc1ccc(NC(=O)c2ccc(OC(=O)COc3ccc(Cl)cc3)cc2)cc1. The Kier molecular flexibility index (Phi) is 6.29. The molecule has 6 heteroatoms. The van der Waals surface area contributed by atoms with Crippen molar-refractivity contribution in [2.45, 2.75) is 6.92 Å². The lowest BCUT2D eigenvalue weighted by Gasteiger charge is -2.08. The second-order valence-electron chi connectivity index (χ2n) is 6.06. The fourth-order valence-corrected chi connectivity index (χ4v) is 2.47. The number of amides is 1. The van der Waals surface area contributed by atoms with E-state index >= 15 is 0 Å². The van der Waals surface area contributed by atoms with Crippen LogP contribution in [0.2, 0.25) is 5.02 Å². The number of nitrogens with one attached hydrogen (secondary N) is 1. The molecule has 142 valence electrons. The van der Waals surface area contributed by atoms with Crippen molar-refractivity contribution in [1.82, 2.24) is 0 Å². The maximum absolute atomic E-state index is 12.3. The number of benzene rings is 3. The van der Waals surface area contributed by atoms with Crippen molar-refractivity contribution in [1.29, 1.82) is 0 Å². The minimum atomic E-state index is -0.549. The third kappa shape index (κ3) is 5.59. The van der Waals surface area contributed by atoms with Crippen LogP contribution in [0.1, 0.15) is 15.9 Å². The van der Waals surface area contributed by atoms with E-state index in [9.17, 15) is 9.59 Å². The van der Waals surface area contributed by atoms with Gasteiger partial charge in [0.25, 0.3) is 5.91 Å². The minimum absolute atomic E-state index is 0.239. The molecule has 0 heterocycles. The van der Waals surface area contributed by atoms with E-state index in [1.165, 1.54) is 0 Å². The van der Waals surface area contributed by atoms with Crippen molar-refractivity contribution in [2.24, 2.45) is 0 Å². The fourth-order valence-electron chi connectivity index (χ4n) is 2.35. The number of carbonyl (C=O) groups excluding carboxylic acids is 2. The van der Waals surface area contributed by atoms with Gasteiger partial charge in [0.1, 0.15) is 11.5 Å². The fraction of sp³-hybridized carbons (Fsp3) is 0.0909. The van der Waals surface area contributed by atoms with Gasteiger partial charge in [-0.25, -0.2) is 4.79 Å². The molecule has 3 aromatic carbocycles. The van der Waals surface area contributed by atoms with Gasteiger partial charge < -0.3 is 14.8 Å². The molecular formula is C22H18ClNO4. The number of carbonyl (C=O) groups is 2. The van der Waals surface area contributed by atoms with Crippen molar-refractivity contribution < 1.29 is 19.1 Å². The second-order valence-corrected chi connectivity index (χ2v) is 6.50. The van der Waals surface area contributed by atoms with Gasteiger partial charge in [0.05, 0.1) is 0 Å². The molecule has 0 atom stereocenters. The lowest BCUT2D eigenvalue weighted by atomic mass is 10.2. The zero-order chi connectivity index (χ0) is 19.9. The molecule has 0 aliphatic heterocycles. The average molecular weight is 396 g/mol. The Morgan fingerprint density at radius 3 is 2.11 bits per heavy atom. The van der Waals surface area contributed by atoms with E-state index < -0.39 is 5.97 Å². The molecule has 0 aliphatic carbocycles. The average Bonchev–Trinajstić information content (AvgIpc) is 2.70. The van der Waals surface area contributed by atoms with Crippen LogP contribution in [-0.4, -0.2) is 18.5 Å². The number of aryl methyl sites for hydroxylation is 1. The van der Waals surface area contributed by atoms with Crippen molar-refractivity contribution in [3.63, 3.8) is 0 Å². The van der Waals surface area contributed by atoms with Crippen LogP contribution in [0.15, 0.2) is 72.8 Å². The normalized spacial score (nSPS) is 10.2. The smallest absolute Gasteiger partial charge is 0.349 e. The van der Waals surface area contributed by atoms with Crippen LogP contribution in [0.25, 0.3) is 0 Å². The van der Waals surface area contributed by atoms with Crippen molar-refractivity contribution in [3.8, 4) is 11.5 Å². The van der Waals surface area contributed by atoms with Gasteiger partial charge in [-0.15, -0.1) is 0 Å². The Hall–Kier alpha value is -3.31. The molecule has 0 spiro atoms. The van der Waals surface area contributed by atoms with E-state index in [2.05, 4.69) is 5.32 Å². The number of rotatable bonds is 6. The number of hydrogen-bond acceptors (Lipinski definition) is 4. The Morgan fingerprint density at radius 2 is 1.46 bits per heavy atom. The van der Waals surface area contributed by atoms with E-state index in [0.717, 1.165) is 5.56 Å². The molecule has 1 amide bonds. The number of ether oxygens (including phenoxy) is 2. The number of anilines is 1. The molecule has 0 aromatic heterocycles. The number of hydrogen-bond donors (Lipinski definition) is 1. The van der Waals surface area contributed by atoms with E-state index in [-0.39, 0.29) is 12.5 Å².